The third-order valence-electron chi connectivity index (χ3n) is 5.89. The Morgan fingerprint density at radius 1 is 1.25 bits per heavy atom. The highest BCUT2D eigenvalue weighted by Crippen LogP contribution is 2.49. The first-order valence-electron chi connectivity index (χ1n) is 12.2. The molecule has 15 heteroatoms. The van der Waals surface area contributed by atoms with Crippen molar-refractivity contribution in [3.8, 4) is 5.75 Å². The highest BCUT2D eigenvalue weighted by molar-refractivity contribution is 7.52. The molecule has 0 radical (unpaired) electrons. The van der Waals surface area contributed by atoms with E-state index < -0.39 is 62.4 Å². The molecule has 3 heterocycles. The number of esters is 2. The van der Waals surface area contributed by atoms with Crippen LogP contribution in [0.3, 0.4) is 0 Å². The van der Waals surface area contributed by atoms with Crippen LogP contribution in [0.5, 0.6) is 5.75 Å². The summed E-state index contributed by atoms with van der Waals surface area (Å²) in [4.78, 5) is 40.1. The topological polar surface area (TPSA) is 144 Å². The normalized spacial score (nSPS) is 25.1. The fraction of sp³-hybridized carbons (Fsp3) is 0.440. The summed E-state index contributed by atoms with van der Waals surface area (Å²) in [6.07, 6.45) is -4.62. The fourth-order valence-electron chi connectivity index (χ4n) is 4.15. The first kappa shape index (κ1) is 29.5. The van der Waals surface area contributed by atoms with E-state index in [-0.39, 0.29) is 25.2 Å². The Balaban J connectivity index is 1.59. The predicted octanol–water partition coefficient (Wildman–Crippen LogP) is 2.94. The van der Waals surface area contributed by atoms with Gasteiger partial charge in [0.25, 0.3) is 0 Å². The molecule has 1 aromatic heterocycles. The summed E-state index contributed by atoms with van der Waals surface area (Å²) in [7, 11) is -4.41. The van der Waals surface area contributed by atoms with E-state index in [0.717, 1.165) is 13.1 Å². The van der Waals surface area contributed by atoms with Crippen molar-refractivity contribution in [2.45, 2.75) is 57.1 Å². The fourth-order valence-corrected chi connectivity index (χ4v) is 5.69. The van der Waals surface area contributed by atoms with Crippen molar-refractivity contribution in [1.82, 2.24) is 14.6 Å². The van der Waals surface area contributed by atoms with Crippen LogP contribution >= 0.6 is 7.75 Å². The van der Waals surface area contributed by atoms with Gasteiger partial charge in [0.1, 0.15) is 17.9 Å². The van der Waals surface area contributed by atoms with Gasteiger partial charge in [0.2, 0.25) is 6.23 Å². The Morgan fingerprint density at radius 2 is 1.98 bits per heavy atom. The van der Waals surface area contributed by atoms with Gasteiger partial charge in [-0.15, -0.1) is 0 Å². The summed E-state index contributed by atoms with van der Waals surface area (Å²) in [5.74, 6) is -5.56. The van der Waals surface area contributed by atoms with Gasteiger partial charge < -0.3 is 18.7 Å². The molecular formula is C25H28F2N3O9P. The summed E-state index contributed by atoms with van der Waals surface area (Å²) in [6.45, 7) is 5.62. The lowest BCUT2D eigenvalue weighted by Gasteiger charge is -2.25. The van der Waals surface area contributed by atoms with Crippen LogP contribution in [-0.2, 0) is 39.3 Å². The Labute approximate surface area is 227 Å². The minimum absolute atomic E-state index is 0.0734. The van der Waals surface area contributed by atoms with E-state index in [0.29, 0.717) is 15.8 Å². The predicted molar refractivity (Wildman–Crippen MR) is 135 cm³/mol. The van der Waals surface area contributed by atoms with Gasteiger partial charge in [-0.2, -0.15) is 18.9 Å². The number of ether oxygens (including phenoxy) is 3. The number of allylic oxidation sites excluding steroid dienone is 1. The van der Waals surface area contributed by atoms with E-state index in [9.17, 15) is 18.9 Å². The van der Waals surface area contributed by atoms with Crippen molar-refractivity contribution < 1.29 is 46.2 Å². The SMILES string of the molecule is C=C(C)Cc1ccn([C@@H]2O[C@H](CO[P@@](=O)(N[C@H]3CCOC3=O)Oc3ccccc3)[C@@H](OC(C)=O)C2(F)F)c(=O)n1. The van der Waals surface area contributed by atoms with Crippen LogP contribution in [0.25, 0.3) is 0 Å². The lowest BCUT2D eigenvalue weighted by molar-refractivity contribution is -0.174. The van der Waals surface area contributed by atoms with Gasteiger partial charge in [0, 0.05) is 26.0 Å². The van der Waals surface area contributed by atoms with E-state index in [1.807, 2.05) is 0 Å². The Hall–Kier alpha value is -3.45. The molecule has 5 atom stereocenters. The zero-order valence-electron chi connectivity index (χ0n) is 21.7. The third kappa shape index (κ3) is 6.81. The second-order valence-corrected chi connectivity index (χ2v) is 11.0. The van der Waals surface area contributed by atoms with E-state index in [1.165, 1.54) is 18.2 Å². The summed E-state index contributed by atoms with van der Waals surface area (Å²) < 4.78 is 71.6. The van der Waals surface area contributed by atoms with Crippen molar-refractivity contribution in [2.24, 2.45) is 0 Å². The van der Waals surface area contributed by atoms with Gasteiger partial charge in [-0.05, 0) is 25.1 Å². The van der Waals surface area contributed by atoms with E-state index in [4.69, 9.17) is 23.3 Å². The van der Waals surface area contributed by atoms with Crippen molar-refractivity contribution >= 4 is 19.7 Å². The Bertz CT molecular complexity index is 1370. The number of alkyl halides is 2. The quantitative estimate of drug-likeness (QED) is 0.237. The van der Waals surface area contributed by atoms with Gasteiger partial charge in [-0.1, -0.05) is 30.4 Å². The van der Waals surface area contributed by atoms with Crippen molar-refractivity contribution in [2.75, 3.05) is 13.2 Å². The molecule has 0 spiro atoms. The van der Waals surface area contributed by atoms with Crippen LogP contribution in [0.4, 0.5) is 8.78 Å². The van der Waals surface area contributed by atoms with Crippen LogP contribution in [0.15, 0.2) is 59.5 Å². The number of rotatable bonds is 11. The number of carbonyl (C=O) groups excluding carboxylic acids is 2. The van der Waals surface area contributed by atoms with E-state index in [1.54, 1.807) is 25.1 Å². The maximum absolute atomic E-state index is 15.6. The van der Waals surface area contributed by atoms with Crippen molar-refractivity contribution in [3.05, 3.63) is 70.9 Å². The zero-order chi connectivity index (χ0) is 29.1. The highest BCUT2D eigenvalue weighted by atomic mass is 31.2. The number of nitrogens with one attached hydrogen (secondary N) is 1. The standard InChI is InChI=1S/C25H28F2N3O9P/c1-15(2)13-17-9-11-30(24(33)28-17)23-25(26,27)21(37-16(3)31)20(38-23)14-36-40(34,29-19-10-12-35-22(19)32)39-18-7-5-4-6-8-18/h4-9,11,19-21,23H,1,10,12-14H2,2-3H3,(H,29,34)/t19-,20+,21+,23+,40-/m0/s1. The maximum atomic E-state index is 15.6. The lowest BCUT2D eigenvalue weighted by Crippen LogP contribution is -2.44. The van der Waals surface area contributed by atoms with Crippen LogP contribution in [0.1, 0.15) is 32.2 Å². The number of hydrogen-bond acceptors (Lipinski definition) is 10. The summed E-state index contributed by atoms with van der Waals surface area (Å²) in [5.41, 5.74) is 0.00826. The van der Waals surface area contributed by atoms with Crippen LogP contribution in [0, 0.1) is 0 Å². The number of halogens is 2. The second kappa shape index (κ2) is 12.0. The average molecular weight is 583 g/mol. The smallest absolute Gasteiger partial charge is 0.459 e. The summed E-state index contributed by atoms with van der Waals surface area (Å²) >= 11 is 0. The van der Waals surface area contributed by atoms with Crippen LogP contribution < -0.4 is 15.3 Å². The largest absolute Gasteiger partial charge is 0.464 e. The molecule has 4 rings (SSSR count). The molecule has 2 fully saturated rings. The third-order valence-corrected chi connectivity index (χ3v) is 7.46. The minimum atomic E-state index is -4.41. The van der Waals surface area contributed by atoms with Gasteiger partial charge in [0.15, 0.2) is 6.10 Å². The molecule has 0 saturated carbocycles. The number of benzene rings is 1. The summed E-state index contributed by atoms with van der Waals surface area (Å²) in [6, 6.07) is 8.14. The minimum Gasteiger partial charge on any atom is -0.464 e. The molecule has 216 valence electrons. The molecular weight excluding hydrogens is 555 g/mol. The number of nitrogens with zero attached hydrogens (tertiary/aromatic N) is 2. The molecule has 12 nitrogen and oxygen atoms in total. The molecule has 2 aliphatic rings. The van der Waals surface area contributed by atoms with Crippen molar-refractivity contribution in [1.29, 1.82) is 0 Å². The molecule has 2 saturated heterocycles. The maximum Gasteiger partial charge on any atom is 0.459 e. The first-order chi connectivity index (χ1) is 18.9. The van der Waals surface area contributed by atoms with E-state index >= 15 is 8.78 Å². The average Bonchev–Trinajstić information content (AvgIpc) is 3.37. The number of cyclic esters (lactones) is 1. The molecule has 0 bridgehead atoms. The Kier molecular flexibility index (Phi) is 8.83. The Morgan fingerprint density at radius 3 is 2.58 bits per heavy atom. The molecule has 40 heavy (non-hydrogen) atoms. The molecule has 1 aromatic carbocycles. The first-order valence-corrected chi connectivity index (χ1v) is 13.8. The molecule has 0 amide bonds. The monoisotopic (exact) mass is 583 g/mol. The lowest BCUT2D eigenvalue weighted by atomic mass is 10.1. The van der Waals surface area contributed by atoms with Crippen LogP contribution in [0.2, 0.25) is 0 Å². The zero-order valence-corrected chi connectivity index (χ0v) is 22.6. The van der Waals surface area contributed by atoms with Gasteiger partial charge in [-0.25, -0.2) is 9.36 Å². The van der Waals surface area contributed by atoms with Crippen molar-refractivity contribution in [3.63, 3.8) is 0 Å². The number of carbonyl (C=O) groups is 2. The molecule has 0 aliphatic carbocycles. The highest BCUT2D eigenvalue weighted by Gasteiger charge is 2.62. The molecule has 2 aromatic rings. The summed E-state index contributed by atoms with van der Waals surface area (Å²) in [5, 5.41) is 2.48. The van der Waals surface area contributed by atoms with Gasteiger partial charge >= 0.3 is 31.3 Å². The number of para-hydroxylation sites is 1. The van der Waals surface area contributed by atoms with Crippen LogP contribution in [-0.4, -0.2) is 58.9 Å². The van der Waals surface area contributed by atoms with Gasteiger partial charge in [0.05, 0.1) is 18.9 Å². The molecule has 2 aliphatic heterocycles. The molecule has 0 unspecified atom stereocenters. The van der Waals surface area contributed by atoms with Gasteiger partial charge in [-0.3, -0.25) is 18.7 Å². The molecule has 1 N–H and O–H groups in total. The number of aromatic nitrogens is 2. The second-order valence-electron chi connectivity index (χ2n) is 9.31. The van der Waals surface area contributed by atoms with E-state index in [2.05, 4.69) is 16.7 Å². The number of hydrogen-bond donors (Lipinski definition) is 1.